The molecule has 0 atom stereocenters. The maximum absolute atomic E-state index is 9.85. The second-order valence-corrected chi connectivity index (χ2v) is 15.2. The van der Waals surface area contributed by atoms with E-state index in [0.717, 1.165) is 65.0 Å². The second kappa shape index (κ2) is 14.1. The monoisotopic (exact) mass is 817 g/mol. The molecule has 0 aliphatic heterocycles. The van der Waals surface area contributed by atoms with Gasteiger partial charge in [0, 0.05) is 49.1 Å². The van der Waals surface area contributed by atoms with E-state index < -0.39 is 113 Å². The SMILES string of the molecule is [2H]c1c([2H])c([2H])c(-c2c([2H])c([2H])c([2H])c(-n3c4c([2H])c([2H])c([2H])c([2H])c4c4c(-c5ccccc5-n5c6ccccc6c6c5ccc5c7ccccc7n(-c7ccccc7-c7ccccc7)c56)c([2H])c([2H])c([2H])c43)c2[2H])c([2H])c1[2H]. The number of nitrogens with zero attached hydrogens (tertiary/aromatic N) is 3. The van der Waals surface area contributed by atoms with Crippen molar-refractivity contribution in [2.24, 2.45) is 0 Å². The molecule has 3 nitrogen and oxygen atoms in total. The molecule has 0 aliphatic carbocycles. The molecule has 0 saturated heterocycles. The molecule has 63 heavy (non-hydrogen) atoms. The van der Waals surface area contributed by atoms with E-state index in [2.05, 4.69) is 51.6 Å². The molecule has 0 fully saturated rings. The van der Waals surface area contributed by atoms with Crippen molar-refractivity contribution in [2.45, 2.75) is 0 Å². The van der Waals surface area contributed by atoms with Gasteiger partial charge in [0.15, 0.2) is 0 Å². The zero-order valence-electron chi connectivity index (χ0n) is 49.1. The molecular formula is C60H39N3. The van der Waals surface area contributed by atoms with Crippen LogP contribution in [0.25, 0.3) is 116 Å². The minimum absolute atomic E-state index is 0.0228. The van der Waals surface area contributed by atoms with Crippen LogP contribution in [-0.4, -0.2) is 13.7 Å². The number of para-hydroxylation sites is 5. The Morgan fingerprint density at radius 2 is 0.937 bits per heavy atom. The van der Waals surface area contributed by atoms with E-state index in [9.17, 15) is 9.60 Å². The summed E-state index contributed by atoms with van der Waals surface area (Å²) < 4.78 is 151. The molecule has 0 amide bonds. The fraction of sp³-hybridized carbons (Fsp3) is 0. The molecule has 13 rings (SSSR count). The molecule has 13 aromatic rings. The second-order valence-electron chi connectivity index (χ2n) is 15.2. The summed E-state index contributed by atoms with van der Waals surface area (Å²) in [5.41, 5.74) is 4.64. The summed E-state index contributed by atoms with van der Waals surface area (Å²) in [5.74, 6) is 0. The van der Waals surface area contributed by atoms with E-state index in [1.807, 2.05) is 84.9 Å². The molecule has 0 unspecified atom stereocenters. The first-order valence-corrected chi connectivity index (χ1v) is 20.4. The van der Waals surface area contributed by atoms with Gasteiger partial charge in [-0.15, -0.1) is 0 Å². The lowest BCUT2D eigenvalue weighted by Gasteiger charge is -2.16. The van der Waals surface area contributed by atoms with Crippen molar-refractivity contribution in [3.05, 3.63) is 236 Å². The van der Waals surface area contributed by atoms with Gasteiger partial charge in [-0.1, -0.05) is 182 Å². The van der Waals surface area contributed by atoms with Crippen LogP contribution in [0.5, 0.6) is 0 Å². The van der Waals surface area contributed by atoms with Crippen molar-refractivity contribution in [1.82, 2.24) is 13.7 Å². The Morgan fingerprint density at radius 1 is 0.302 bits per heavy atom. The molecule has 10 aromatic carbocycles. The van der Waals surface area contributed by atoms with Gasteiger partial charge >= 0.3 is 0 Å². The number of hydrogen-bond donors (Lipinski definition) is 0. The summed E-state index contributed by atoms with van der Waals surface area (Å²) >= 11 is 0. The fourth-order valence-corrected chi connectivity index (χ4v) is 9.37. The van der Waals surface area contributed by atoms with Crippen LogP contribution in [0.15, 0.2) is 236 Å². The minimum Gasteiger partial charge on any atom is -0.309 e. The third-order valence-electron chi connectivity index (χ3n) is 11.9. The van der Waals surface area contributed by atoms with Crippen LogP contribution >= 0.6 is 0 Å². The van der Waals surface area contributed by atoms with Gasteiger partial charge in [-0.25, -0.2) is 0 Å². The summed E-state index contributed by atoms with van der Waals surface area (Å²) in [5, 5.41) is 3.47. The third kappa shape index (κ3) is 5.33. The highest BCUT2D eigenvalue weighted by Crippen LogP contribution is 2.46. The van der Waals surface area contributed by atoms with E-state index in [0.29, 0.717) is 11.3 Å². The predicted octanol–water partition coefficient (Wildman–Crippen LogP) is 16.0. The van der Waals surface area contributed by atoms with Gasteiger partial charge in [-0.3, -0.25) is 0 Å². The number of fused-ring (bicyclic) bond motifs is 10. The van der Waals surface area contributed by atoms with Gasteiger partial charge in [0.2, 0.25) is 0 Å². The molecule has 294 valence electrons. The van der Waals surface area contributed by atoms with Gasteiger partial charge in [0.25, 0.3) is 0 Å². The fourth-order valence-electron chi connectivity index (χ4n) is 9.37. The van der Waals surface area contributed by atoms with Gasteiger partial charge in [-0.2, -0.15) is 0 Å². The molecule has 0 saturated carbocycles. The largest absolute Gasteiger partial charge is 0.309 e. The van der Waals surface area contributed by atoms with E-state index in [4.69, 9.17) is 12.3 Å². The average Bonchev–Trinajstić information content (AvgIpc) is 3.49. The summed E-state index contributed by atoms with van der Waals surface area (Å²) in [6, 6.07) is 34.1. The standard InChI is InChI=1S/C60H39N3/c1-3-19-40(20-4-1)42-23-17-24-43(39-42)61-54-34-15-10-28-49(54)58-47(30-18-36-56(58)61)45-26-8-13-32-52(45)62-55-35-16-11-29-50(55)59-57(62)38-37-48-46-27-9-14-33-53(46)63(60(48)59)51-31-12-7-25-44(51)41-21-5-2-6-22-41/h1-39H/i1D,3D,4D,10D,15D,17D,18D,19D,20D,23D,24D,28D,30D,34D,36D,39D. The predicted molar refractivity (Wildman–Crippen MR) is 266 cm³/mol. The molecular weight excluding hydrogens is 763 g/mol. The quantitative estimate of drug-likeness (QED) is 0.159. The molecule has 0 aliphatic rings. The van der Waals surface area contributed by atoms with Crippen LogP contribution in [-0.2, 0) is 0 Å². The molecule has 0 spiro atoms. The van der Waals surface area contributed by atoms with Crippen LogP contribution < -0.4 is 0 Å². The molecule has 0 radical (unpaired) electrons. The Balaban J connectivity index is 1.18. The Morgan fingerprint density at radius 3 is 1.78 bits per heavy atom. The molecule has 0 bridgehead atoms. The van der Waals surface area contributed by atoms with E-state index in [-0.39, 0.29) is 27.4 Å². The van der Waals surface area contributed by atoms with Crippen molar-refractivity contribution < 1.29 is 21.9 Å². The van der Waals surface area contributed by atoms with Crippen LogP contribution in [0, 0.1) is 0 Å². The molecule has 3 heterocycles. The average molecular weight is 818 g/mol. The summed E-state index contributed by atoms with van der Waals surface area (Å²) in [7, 11) is 0. The van der Waals surface area contributed by atoms with Gasteiger partial charge < -0.3 is 13.7 Å². The topological polar surface area (TPSA) is 14.8 Å². The van der Waals surface area contributed by atoms with Crippen LogP contribution in [0.4, 0.5) is 0 Å². The normalized spacial score (nSPS) is 15.4. The van der Waals surface area contributed by atoms with E-state index in [1.54, 1.807) is 12.1 Å². The lowest BCUT2D eigenvalue weighted by molar-refractivity contribution is 1.17. The number of hydrogen-bond acceptors (Lipinski definition) is 0. The van der Waals surface area contributed by atoms with Crippen molar-refractivity contribution in [3.63, 3.8) is 0 Å². The van der Waals surface area contributed by atoms with Crippen LogP contribution in [0.1, 0.15) is 21.9 Å². The third-order valence-corrected chi connectivity index (χ3v) is 11.9. The first-order valence-electron chi connectivity index (χ1n) is 28.4. The maximum atomic E-state index is 9.85. The van der Waals surface area contributed by atoms with Crippen molar-refractivity contribution >= 4 is 65.4 Å². The van der Waals surface area contributed by atoms with Crippen LogP contribution in [0.3, 0.4) is 0 Å². The molecule has 3 heteroatoms. The van der Waals surface area contributed by atoms with Crippen molar-refractivity contribution in [1.29, 1.82) is 0 Å². The highest BCUT2D eigenvalue weighted by atomic mass is 15.0. The molecule has 3 aromatic heterocycles. The first kappa shape index (κ1) is 23.0. The van der Waals surface area contributed by atoms with Crippen LogP contribution in [0.2, 0.25) is 0 Å². The molecule has 0 N–H and O–H groups in total. The maximum Gasteiger partial charge on any atom is 0.0651 e. The van der Waals surface area contributed by atoms with Gasteiger partial charge in [0.05, 0.1) is 66.4 Å². The number of rotatable bonds is 6. The smallest absolute Gasteiger partial charge is 0.0651 e. The zero-order chi connectivity index (χ0) is 55.4. The Labute approximate surface area is 387 Å². The Hall–Kier alpha value is -8.40. The lowest BCUT2D eigenvalue weighted by atomic mass is 9.97. The van der Waals surface area contributed by atoms with Gasteiger partial charge in [0.1, 0.15) is 0 Å². The zero-order valence-corrected chi connectivity index (χ0v) is 33.1. The van der Waals surface area contributed by atoms with Crippen molar-refractivity contribution in [2.75, 3.05) is 0 Å². The van der Waals surface area contributed by atoms with E-state index in [1.165, 1.54) is 0 Å². The Kier molecular flexibility index (Phi) is 5.14. The minimum atomic E-state index is -0.855. The first-order chi connectivity index (χ1) is 38.0. The Bertz CT molecular complexity index is 4840. The number of aromatic nitrogens is 3. The summed E-state index contributed by atoms with van der Waals surface area (Å²) in [6.45, 7) is 0. The highest BCUT2D eigenvalue weighted by Gasteiger charge is 2.24. The summed E-state index contributed by atoms with van der Waals surface area (Å²) in [4.78, 5) is 0. The van der Waals surface area contributed by atoms with E-state index >= 15 is 0 Å². The highest BCUT2D eigenvalue weighted by molar-refractivity contribution is 6.26. The summed E-state index contributed by atoms with van der Waals surface area (Å²) in [6.07, 6.45) is 0. The lowest BCUT2D eigenvalue weighted by Crippen LogP contribution is -1.99. The van der Waals surface area contributed by atoms with Crippen molar-refractivity contribution in [3.8, 4) is 50.4 Å². The van der Waals surface area contributed by atoms with Gasteiger partial charge in [-0.05, 0) is 76.8 Å². The number of benzene rings is 10.